The van der Waals surface area contributed by atoms with Crippen molar-refractivity contribution in [2.75, 3.05) is 13.1 Å². The molecule has 0 aromatic heterocycles. The molecule has 114 valence electrons. The van der Waals surface area contributed by atoms with E-state index in [0.717, 1.165) is 6.42 Å². The minimum absolute atomic E-state index is 0.129. The fraction of sp³-hybridized carbons (Fsp3) is 0.733. The predicted molar refractivity (Wildman–Crippen MR) is 78.5 cm³/mol. The van der Waals surface area contributed by atoms with Crippen LogP contribution < -0.4 is 5.32 Å². The Bertz CT molecular complexity index is 408. The summed E-state index contributed by atoms with van der Waals surface area (Å²) in [4.78, 5) is 24.9. The smallest absolute Gasteiger partial charge is 0.326 e. The summed E-state index contributed by atoms with van der Waals surface area (Å²) in [5.41, 5.74) is 1.48. The first-order valence-corrected chi connectivity index (χ1v) is 7.10. The van der Waals surface area contributed by atoms with Crippen molar-refractivity contribution in [1.82, 2.24) is 10.2 Å². The van der Waals surface area contributed by atoms with Gasteiger partial charge in [-0.05, 0) is 17.8 Å². The second-order valence-corrected chi connectivity index (χ2v) is 6.68. The second-order valence-electron chi connectivity index (χ2n) is 6.68. The van der Waals surface area contributed by atoms with Crippen molar-refractivity contribution in [3.05, 3.63) is 11.6 Å². The molecule has 0 aromatic carbocycles. The molecule has 0 bridgehead atoms. The van der Waals surface area contributed by atoms with E-state index in [0.29, 0.717) is 13.1 Å². The van der Waals surface area contributed by atoms with Gasteiger partial charge in [0.1, 0.15) is 6.04 Å². The van der Waals surface area contributed by atoms with Crippen LogP contribution in [0, 0.1) is 11.3 Å². The topological polar surface area (TPSA) is 69.6 Å². The van der Waals surface area contributed by atoms with Crippen molar-refractivity contribution < 1.29 is 14.7 Å². The summed E-state index contributed by atoms with van der Waals surface area (Å²) >= 11 is 0. The maximum Gasteiger partial charge on any atom is 0.326 e. The molecule has 5 heteroatoms. The third-order valence-electron chi connectivity index (χ3n) is 3.67. The minimum Gasteiger partial charge on any atom is -0.480 e. The van der Waals surface area contributed by atoms with E-state index in [1.165, 1.54) is 5.57 Å². The molecular formula is C15H26N2O3. The maximum absolute atomic E-state index is 12.1. The molecule has 1 aliphatic heterocycles. The molecule has 0 spiro atoms. The average Bonchev–Trinajstić information content (AvgIpc) is 2.34. The monoisotopic (exact) mass is 282 g/mol. The Kier molecular flexibility index (Phi) is 5.20. The number of aliphatic carboxylic acids is 1. The minimum atomic E-state index is -0.990. The first kappa shape index (κ1) is 16.5. The lowest BCUT2D eigenvalue weighted by Gasteiger charge is -2.33. The van der Waals surface area contributed by atoms with Crippen LogP contribution in [0.1, 0.15) is 41.0 Å². The summed E-state index contributed by atoms with van der Waals surface area (Å²) in [7, 11) is 0. The van der Waals surface area contributed by atoms with Gasteiger partial charge in [-0.25, -0.2) is 9.59 Å². The van der Waals surface area contributed by atoms with Gasteiger partial charge in [0.2, 0.25) is 0 Å². The molecule has 0 radical (unpaired) electrons. The van der Waals surface area contributed by atoms with E-state index in [1.807, 2.05) is 0 Å². The molecule has 2 N–H and O–H groups in total. The molecule has 0 fully saturated rings. The van der Waals surface area contributed by atoms with Crippen molar-refractivity contribution >= 4 is 12.0 Å². The van der Waals surface area contributed by atoms with Gasteiger partial charge in [0.25, 0.3) is 0 Å². The van der Waals surface area contributed by atoms with Gasteiger partial charge in [-0.15, -0.1) is 0 Å². The van der Waals surface area contributed by atoms with Crippen LogP contribution in [0.3, 0.4) is 0 Å². The van der Waals surface area contributed by atoms with Crippen LogP contribution in [0.15, 0.2) is 11.6 Å². The Morgan fingerprint density at radius 1 is 1.35 bits per heavy atom. The van der Waals surface area contributed by atoms with Gasteiger partial charge in [-0.1, -0.05) is 46.3 Å². The lowest BCUT2D eigenvalue weighted by atomic mass is 9.83. The summed E-state index contributed by atoms with van der Waals surface area (Å²) in [5.74, 6) is -1.13. The van der Waals surface area contributed by atoms with Gasteiger partial charge >= 0.3 is 12.0 Å². The van der Waals surface area contributed by atoms with Gasteiger partial charge in [-0.3, -0.25) is 0 Å². The fourth-order valence-corrected chi connectivity index (χ4v) is 2.27. The quantitative estimate of drug-likeness (QED) is 0.781. The van der Waals surface area contributed by atoms with E-state index in [1.54, 1.807) is 18.7 Å². The van der Waals surface area contributed by atoms with Crippen molar-refractivity contribution in [2.45, 2.75) is 47.1 Å². The number of carboxylic acid groups (broad SMARTS) is 1. The zero-order valence-corrected chi connectivity index (χ0v) is 13.1. The molecule has 0 aromatic rings. The molecule has 0 unspecified atom stereocenters. The lowest BCUT2D eigenvalue weighted by Crippen LogP contribution is -2.51. The van der Waals surface area contributed by atoms with E-state index in [2.05, 4.69) is 32.2 Å². The normalized spacial score (nSPS) is 17.7. The number of carboxylic acids is 1. The Hall–Kier alpha value is -1.52. The third kappa shape index (κ3) is 4.25. The van der Waals surface area contributed by atoms with Crippen LogP contribution in [0.5, 0.6) is 0 Å². The van der Waals surface area contributed by atoms with E-state index in [4.69, 9.17) is 5.11 Å². The van der Waals surface area contributed by atoms with Gasteiger partial charge < -0.3 is 15.3 Å². The Labute approximate surface area is 121 Å². The SMILES string of the molecule is CC(C)[C@@H](NC(=O)N1CC=C(C(C)(C)C)CC1)C(=O)O. The highest BCUT2D eigenvalue weighted by Crippen LogP contribution is 2.30. The van der Waals surface area contributed by atoms with Crippen LogP contribution in [-0.4, -0.2) is 41.1 Å². The van der Waals surface area contributed by atoms with Crippen molar-refractivity contribution in [2.24, 2.45) is 11.3 Å². The number of hydrogen-bond acceptors (Lipinski definition) is 2. The number of hydrogen-bond donors (Lipinski definition) is 2. The highest BCUT2D eigenvalue weighted by atomic mass is 16.4. The Morgan fingerprint density at radius 3 is 2.30 bits per heavy atom. The Morgan fingerprint density at radius 2 is 1.95 bits per heavy atom. The number of nitrogens with one attached hydrogen (secondary N) is 1. The number of nitrogens with zero attached hydrogens (tertiary/aromatic N) is 1. The molecule has 1 atom stereocenters. The summed E-state index contributed by atoms with van der Waals surface area (Å²) in [6.07, 6.45) is 2.92. The molecule has 0 saturated heterocycles. The van der Waals surface area contributed by atoms with Crippen LogP contribution in [0.4, 0.5) is 4.79 Å². The molecule has 0 saturated carbocycles. The molecule has 1 rings (SSSR count). The van der Waals surface area contributed by atoms with Crippen molar-refractivity contribution in [1.29, 1.82) is 0 Å². The van der Waals surface area contributed by atoms with Gasteiger partial charge in [0.05, 0.1) is 0 Å². The highest BCUT2D eigenvalue weighted by Gasteiger charge is 2.28. The highest BCUT2D eigenvalue weighted by molar-refractivity contribution is 5.83. The third-order valence-corrected chi connectivity index (χ3v) is 3.67. The van der Waals surface area contributed by atoms with Gasteiger partial charge in [0.15, 0.2) is 0 Å². The van der Waals surface area contributed by atoms with Crippen LogP contribution in [0.2, 0.25) is 0 Å². The van der Waals surface area contributed by atoms with Crippen LogP contribution in [0.25, 0.3) is 0 Å². The Balaban J connectivity index is 2.63. The lowest BCUT2D eigenvalue weighted by molar-refractivity contribution is -0.140. The van der Waals surface area contributed by atoms with E-state index < -0.39 is 12.0 Å². The summed E-state index contributed by atoms with van der Waals surface area (Å²) in [6, 6.07) is -1.13. The molecule has 20 heavy (non-hydrogen) atoms. The van der Waals surface area contributed by atoms with Crippen molar-refractivity contribution in [3.8, 4) is 0 Å². The van der Waals surface area contributed by atoms with Gasteiger partial charge in [-0.2, -0.15) is 0 Å². The summed E-state index contributed by atoms with van der Waals surface area (Å²) < 4.78 is 0. The summed E-state index contributed by atoms with van der Waals surface area (Å²) in [5, 5.41) is 11.7. The largest absolute Gasteiger partial charge is 0.480 e. The second kappa shape index (κ2) is 6.29. The van der Waals surface area contributed by atoms with E-state index in [-0.39, 0.29) is 17.4 Å². The van der Waals surface area contributed by atoms with Gasteiger partial charge in [0, 0.05) is 13.1 Å². The first-order valence-electron chi connectivity index (χ1n) is 7.10. The van der Waals surface area contributed by atoms with Crippen LogP contribution >= 0.6 is 0 Å². The van der Waals surface area contributed by atoms with E-state index >= 15 is 0 Å². The number of carbonyl (C=O) groups excluding carboxylic acids is 1. The number of amides is 2. The van der Waals surface area contributed by atoms with Crippen molar-refractivity contribution in [3.63, 3.8) is 0 Å². The zero-order chi connectivity index (χ0) is 15.5. The molecule has 5 nitrogen and oxygen atoms in total. The average molecular weight is 282 g/mol. The predicted octanol–water partition coefficient (Wildman–Crippen LogP) is 2.48. The first-order chi connectivity index (χ1) is 9.12. The van der Waals surface area contributed by atoms with Crippen LogP contribution in [-0.2, 0) is 4.79 Å². The summed E-state index contributed by atoms with van der Waals surface area (Å²) in [6.45, 7) is 11.2. The zero-order valence-electron chi connectivity index (χ0n) is 13.1. The number of carbonyl (C=O) groups is 2. The number of rotatable bonds is 3. The standard InChI is InChI=1S/C15H26N2O3/c1-10(2)12(13(18)19)16-14(20)17-8-6-11(7-9-17)15(3,4)5/h6,10,12H,7-9H2,1-5H3,(H,16,20)(H,18,19)/t12-/m1/s1. The van der Waals surface area contributed by atoms with E-state index in [9.17, 15) is 9.59 Å². The molecule has 2 amide bonds. The molecule has 1 aliphatic rings. The fourth-order valence-electron chi connectivity index (χ4n) is 2.27. The molecular weight excluding hydrogens is 256 g/mol. The number of urea groups is 1. The molecule has 1 heterocycles. The molecule has 0 aliphatic carbocycles. The maximum atomic E-state index is 12.1.